The molecule has 28 heavy (non-hydrogen) atoms. The molecule has 3 aromatic rings. The molecular weight excluding hydrogens is 424 g/mol. The molecule has 0 aliphatic rings. The molecule has 3 rings (SSSR count). The molecule has 0 radical (unpaired) electrons. The zero-order valence-electron chi connectivity index (χ0n) is 15.9. The molecule has 8 heteroatoms. The highest BCUT2D eigenvalue weighted by Crippen LogP contribution is 2.27. The van der Waals surface area contributed by atoms with Crippen molar-refractivity contribution in [1.29, 1.82) is 0 Å². The number of ether oxygens (including phenoxy) is 2. The van der Waals surface area contributed by atoms with Gasteiger partial charge in [-0.15, -0.1) is 5.10 Å². The van der Waals surface area contributed by atoms with Gasteiger partial charge in [-0.1, -0.05) is 27.2 Å². The summed E-state index contributed by atoms with van der Waals surface area (Å²) in [6, 6.07) is 13.3. The molecule has 0 atom stereocenters. The molecule has 0 spiro atoms. The Labute approximate surface area is 171 Å². The van der Waals surface area contributed by atoms with Crippen molar-refractivity contribution in [2.24, 2.45) is 0 Å². The van der Waals surface area contributed by atoms with Crippen LogP contribution in [0.2, 0.25) is 0 Å². The predicted octanol–water partition coefficient (Wildman–Crippen LogP) is 3.33. The molecule has 0 unspecified atom stereocenters. The summed E-state index contributed by atoms with van der Waals surface area (Å²) in [5.41, 5.74) is 2.88. The van der Waals surface area contributed by atoms with Crippen molar-refractivity contribution in [1.82, 2.24) is 20.3 Å². The standard InChI is InChI=1S/C20H21BrN4O3/c1-13-19(23-24-25(13)16-7-5-15(21)6-8-16)20(26)22-11-10-14-4-9-17(27-2)18(12-14)28-3/h4-9,12H,10-11H2,1-3H3,(H,22,26). The molecule has 0 bridgehead atoms. The molecule has 0 fully saturated rings. The van der Waals surface area contributed by atoms with Crippen LogP contribution in [0.4, 0.5) is 0 Å². The lowest BCUT2D eigenvalue weighted by atomic mass is 10.1. The smallest absolute Gasteiger partial charge is 0.273 e. The van der Waals surface area contributed by atoms with E-state index in [1.54, 1.807) is 18.9 Å². The Balaban J connectivity index is 1.63. The number of carbonyl (C=O) groups is 1. The van der Waals surface area contributed by atoms with Gasteiger partial charge in [0.25, 0.3) is 5.91 Å². The number of halogens is 1. The van der Waals surface area contributed by atoms with E-state index in [1.807, 2.05) is 49.4 Å². The molecule has 0 saturated heterocycles. The van der Waals surface area contributed by atoms with Crippen molar-refractivity contribution in [3.8, 4) is 17.2 Å². The molecule has 1 N–H and O–H groups in total. The fourth-order valence-electron chi connectivity index (χ4n) is 2.81. The van der Waals surface area contributed by atoms with Crippen LogP contribution >= 0.6 is 15.9 Å². The summed E-state index contributed by atoms with van der Waals surface area (Å²) >= 11 is 3.41. The van der Waals surface area contributed by atoms with Gasteiger partial charge in [0.2, 0.25) is 0 Å². The van der Waals surface area contributed by atoms with Gasteiger partial charge >= 0.3 is 0 Å². The number of benzene rings is 2. The quantitative estimate of drug-likeness (QED) is 0.604. The summed E-state index contributed by atoms with van der Waals surface area (Å²) < 4.78 is 13.2. The van der Waals surface area contributed by atoms with E-state index in [1.165, 1.54) is 0 Å². The number of hydrogen-bond acceptors (Lipinski definition) is 5. The fourth-order valence-corrected chi connectivity index (χ4v) is 3.07. The summed E-state index contributed by atoms with van der Waals surface area (Å²) in [6.45, 7) is 2.30. The highest BCUT2D eigenvalue weighted by Gasteiger charge is 2.17. The van der Waals surface area contributed by atoms with Crippen LogP contribution in [0.3, 0.4) is 0 Å². The number of nitrogens with one attached hydrogen (secondary N) is 1. The minimum absolute atomic E-state index is 0.249. The third-order valence-electron chi connectivity index (χ3n) is 4.33. The summed E-state index contributed by atoms with van der Waals surface area (Å²) in [5, 5.41) is 11.0. The maximum Gasteiger partial charge on any atom is 0.273 e. The number of hydrogen-bond donors (Lipinski definition) is 1. The van der Waals surface area contributed by atoms with Crippen LogP contribution in [0.5, 0.6) is 11.5 Å². The van der Waals surface area contributed by atoms with E-state index in [-0.39, 0.29) is 5.91 Å². The van der Waals surface area contributed by atoms with Gasteiger partial charge in [0.05, 0.1) is 25.6 Å². The molecule has 1 aromatic heterocycles. The van der Waals surface area contributed by atoms with E-state index in [0.717, 1.165) is 15.7 Å². The van der Waals surface area contributed by atoms with Gasteiger partial charge in [0, 0.05) is 11.0 Å². The van der Waals surface area contributed by atoms with Crippen LogP contribution < -0.4 is 14.8 Å². The summed E-state index contributed by atoms with van der Waals surface area (Å²) in [6.07, 6.45) is 0.659. The number of nitrogens with zero attached hydrogens (tertiary/aromatic N) is 3. The normalized spacial score (nSPS) is 10.6. The maximum absolute atomic E-state index is 12.5. The monoisotopic (exact) mass is 444 g/mol. The Bertz CT molecular complexity index is 970. The van der Waals surface area contributed by atoms with E-state index < -0.39 is 0 Å². The second-order valence-electron chi connectivity index (χ2n) is 6.11. The fraction of sp³-hybridized carbons (Fsp3) is 0.250. The molecule has 7 nitrogen and oxygen atoms in total. The van der Waals surface area contributed by atoms with Crippen molar-refractivity contribution < 1.29 is 14.3 Å². The first-order valence-electron chi connectivity index (χ1n) is 8.71. The lowest BCUT2D eigenvalue weighted by Gasteiger charge is -2.10. The molecule has 2 aromatic carbocycles. The van der Waals surface area contributed by atoms with E-state index in [2.05, 4.69) is 31.6 Å². The van der Waals surface area contributed by atoms with E-state index in [0.29, 0.717) is 35.9 Å². The summed E-state index contributed by atoms with van der Waals surface area (Å²) in [5.74, 6) is 1.09. The number of aromatic nitrogens is 3. The molecular formula is C20H21BrN4O3. The van der Waals surface area contributed by atoms with Crippen molar-refractivity contribution in [2.45, 2.75) is 13.3 Å². The highest BCUT2D eigenvalue weighted by atomic mass is 79.9. The number of rotatable bonds is 7. The minimum atomic E-state index is -0.249. The average Bonchev–Trinajstić information content (AvgIpc) is 3.09. The van der Waals surface area contributed by atoms with Gasteiger partial charge in [-0.25, -0.2) is 4.68 Å². The highest BCUT2D eigenvalue weighted by molar-refractivity contribution is 9.10. The van der Waals surface area contributed by atoms with Crippen molar-refractivity contribution in [2.75, 3.05) is 20.8 Å². The van der Waals surface area contributed by atoms with Crippen LogP contribution in [-0.2, 0) is 6.42 Å². The van der Waals surface area contributed by atoms with Crippen LogP contribution in [0.1, 0.15) is 21.7 Å². The van der Waals surface area contributed by atoms with Gasteiger partial charge in [-0.3, -0.25) is 4.79 Å². The Hall–Kier alpha value is -2.87. The van der Waals surface area contributed by atoms with Crippen LogP contribution in [-0.4, -0.2) is 41.7 Å². The molecule has 146 valence electrons. The van der Waals surface area contributed by atoms with Gasteiger partial charge in [-0.05, 0) is 55.3 Å². The number of amides is 1. The average molecular weight is 445 g/mol. The van der Waals surface area contributed by atoms with Gasteiger partial charge in [0.15, 0.2) is 17.2 Å². The molecule has 1 heterocycles. The van der Waals surface area contributed by atoms with Crippen LogP contribution in [0, 0.1) is 6.92 Å². The van der Waals surface area contributed by atoms with Gasteiger partial charge in [0.1, 0.15) is 0 Å². The third-order valence-corrected chi connectivity index (χ3v) is 4.86. The first-order chi connectivity index (χ1) is 13.5. The Morgan fingerprint density at radius 2 is 1.82 bits per heavy atom. The zero-order valence-corrected chi connectivity index (χ0v) is 17.5. The lowest BCUT2D eigenvalue weighted by Crippen LogP contribution is -2.26. The third kappa shape index (κ3) is 4.33. The molecule has 0 aliphatic carbocycles. The Morgan fingerprint density at radius 3 is 2.50 bits per heavy atom. The molecule has 0 saturated carbocycles. The Kier molecular flexibility index (Phi) is 6.30. The number of methoxy groups -OCH3 is 2. The van der Waals surface area contributed by atoms with Gasteiger partial charge < -0.3 is 14.8 Å². The largest absolute Gasteiger partial charge is 0.493 e. The molecule has 1 amide bonds. The van der Waals surface area contributed by atoms with Crippen LogP contribution in [0.15, 0.2) is 46.9 Å². The Morgan fingerprint density at radius 1 is 1.11 bits per heavy atom. The van der Waals surface area contributed by atoms with E-state index >= 15 is 0 Å². The van der Waals surface area contributed by atoms with Crippen molar-refractivity contribution >= 4 is 21.8 Å². The van der Waals surface area contributed by atoms with Crippen LogP contribution in [0.25, 0.3) is 5.69 Å². The van der Waals surface area contributed by atoms with E-state index in [4.69, 9.17) is 9.47 Å². The second kappa shape index (κ2) is 8.88. The predicted molar refractivity (Wildman–Crippen MR) is 109 cm³/mol. The van der Waals surface area contributed by atoms with Crippen molar-refractivity contribution in [3.05, 3.63) is 63.9 Å². The first-order valence-corrected chi connectivity index (χ1v) is 9.50. The summed E-state index contributed by atoms with van der Waals surface area (Å²) in [7, 11) is 3.20. The van der Waals surface area contributed by atoms with Crippen molar-refractivity contribution in [3.63, 3.8) is 0 Å². The topological polar surface area (TPSA) is 78.3 Å². The zero-order chi connectivity index (χ0) is 20.1. The summed E-state index contributed by atoms with van der Waals surface area (Å²) in [4.78, 5) is 12.5. The minimum Gasteiger partial charge on any atom is -0.493 e. The van der Waals surface area contributed by atoms with E-state index in [9.17, 15) is 4.79 Å². The van der Waals surface area contributed by atoms with Gasteiger partial charge in [-0.2, -0.15) is 0 Å². The maximum atomic E-state index is 12.5. The second-order valence-corrected chi connectivity index (χ2v) is 7.02. The molecule has 0 aliphatic heterocycles. The SMILES string of the molecule is COc1ccc(CCNC(=O)c2nnn(-c3ccc(Br)cc3)c2C)cc1OC. The number of carbonyl (C=O) groups excluding carboxylic acids is 1. The first kappa shape index (κ1) is 19.9. The lowest BCUT2D eigenvalue weighted by molar-refractivity contribution is 0.0948.